The Morgan fingerprint density at radius 1 is 1.25 bits per heavy atom. The lowest BCUT2D eigenvalue weighted by molar-refractivity contribution is -0.153. The van der Waals surface area contributed by atoms with Crippen LogP contribution in [-0.2, 0) is 19.1 Å². The van der Waals surface area contributed by atoms with Crippen molar-refractivity contribution in [3.05, 3.63) is 54.6 Å². The van der Waals surface area contributed by atoms with Gasteiger partial charge in [0.2, 0.25) is 5.91 Å². The van der Waals surface area contributed by atoms with Crippen molar-refractivity contribution in [3.8, 4) is 0 Å². The van der Waals surface area contributed by atoms with Gasteiger partial charge in [-0.3, -0.25) is 9.59 Å². The first-order valence-corrected chi connectivity index (χ1v) is 9.83. The van der Waals surface area contributed by atoms with Gasteiger partial charge in [-0.15, -0.1) is 0 Å². The normalized spacial score (nSPS) is 30.5. The molecule has 0 N–H and O–H groups in total. The number of rotatable bonds is 4. The highest BCUT2D eigenvalue weighted by Crippen LogP contribution is 2.53. The summed E-state index contributed by atoms with van der Waals surface area (Å²) >= 11 is 0. The molecule has 0 unspecified atom stereocenters. The molecule has 1 spiro atoms. The molecule has 0 radical (unpaired) electrons. The van der Waals surface area contributed by atoms with Crippen LogP contribution in [0.15, 0.2) is 54.6 Å². The lowest BCUT2D eigenvalue weighted by atomic mass is 9.77. The summed E-state index contributed by atoms with van der Waals surface area (Å²) in [6.07, 6.45) is 3.51. The molecule has 3 aliphatic rings. The van der Waals surface area contributed by atoms with E-state index >= 15 is 0 Å². The maximum absolute atomic E-state index is 13.5. The molecule has 2 bridgehead atoms. The molecule has 0 aliphatic carbocycles. The van der Waals surface area contributed by atoms with E-state index < -0.39 is 17.4 Å². The fourth-order valence-electron chi connectivity index (χ4n) is 4.76. The third-order valence-electron chi connectivity index (χ3n) is 5.99. The van der Waals surface area contributed by atoms with Crippen molar-refractivity contribution >= 4 is 28.3 Å². The molecular formula is C23H23NO4. The van der Waals surface area contributed by atoms with Crippen molar-refractivity contribution in [1.29, 1.82) is 0 Å². The summed E-state index contributed by atoms with van der Waals surface area (Å²) in [6, 6.07) is 14.0. The zero-order valence-corrected chi connectivity index (χ0v) is 16.0. The minimum absolute atomic E-state index is 0.0605. The maximum Gasteiger partial charge on any atom is 0.312 e. The van der Waals surface area contributed by atoms with Gasteiger partial charge in [0.05, 0.1) is 30.9 Å². The average molecular weight is 377 g/mol. The predicted octanol–water partition coefficient (Wildman–Crippen LogP) is 3.33. The minimum Gasteiger partial charge on any atom is -0.465 e. The van der Waals surface area contributed by atoms with Crippen LogP contribution >= 0.6 is 0 Å². The lowest BCUT2D eigenvalue weighted by Gasteiger charge is -2.23. The Morgan fingerprint density at radius 2 is 2.04 bits per heavy atom. The molecule has 2 aromatic carbocycles. The van der Waals surface area contributed by atoms with E-state index in [1.54, 1.807) is 4.90 Å². The minimum atomic E-state index is -0.736. The molecular weight excluding hydrogens is 354 g/mol. The van der Waals surface area contributed by atoms with Crippen LogP contribution in [0, 0.1) is 17.8 Å². The number of esters is 1. The standard InChI is InChI=1S/C23H23NO4/c1-14(2)12-27-22(26)19-18-10-11-23(28-18)13-24(21(25)20(19)23)17-9-5-7-15-6-3-4-8-16(15)17/h3-11,14,18-20H,12-13H2,1-2H3/t18-,19+,20-,23-/m0/s1. The average Bonchev–Trinajstić information content (AvgIpc) is 3.34. The van der Waals surface area contributed by atoms with Crippen molar-refractivity contribution in [2.45, 2.75) is 25.6 Å². The lowest BCUT2D eigenvalue weighted by Crippen LogP contribution is -2.40. The molecule has 4 atom stereocenters. The van der Waals surface area contributed by atoms with Gasteiger partial charge < -0.3 is 14.4 Å². The molecule has 0 saturated carbocycles. The molecule has 3 aliphatic heterocycles. The molecule has 2 fully saturated rings. The first-order valence-electron chi connectivity index (χ1n) is 9.83. The monoisotopic (exact) mass is 377 g/mol. The van der Waals surface area contributed by atoms with E-state index in [2.05, 4.69) is 0 Å². The number of carbonyl (C=O) groups excluding carboxylic acids is 2. The number of amides is 1. The summed E-state index contributed by atoms with van der Waals surface area (Å²) in [7, 11) is 0. The van der Waals surface area contributed by atoms with Crippen LogP contribution < -0.4 is 4.90 Å². The van der Waals surface area contributed by atoms with E-state index in [-0.39, 0.29) is 23.9 Å². The number of hydrogen-bond acceptors (Lipinski definition) is 4. The van der Waals surface area contributed by atoms with Gasteiger partial charge in [0, 0.05) is 5.39 Å². The van der Waals surface area contributed by atoms with E-state index in [4.69, 9.17) is 9.47 Å². The van der Waals surface area contributed by atoms with Gasteiger partial charge in [0.25, 0.3) is 0 Å². The highest BCUT2D eigenvalue weighted by molar-refractivity contribution is 6.08. The van der Waals surface area contributed by atoms with Gasteiger partial charge in [0.1, 0.15) is 11.5 Å². The van der Waals surface area contributed by atoms with Crippen LogP contribution in [0.3, 0.4) is 0 Å². The number of fused-ring (bicyclic) bond motifs is 2. The Balaban J connectivity index is 1.50. The first-order chi connectivity index (χ1) is 13.5. The van der Waals surface area contributed by atoms with Gasteiger partial charge in [-0.1, -0.05) is 62.4 Å². The van der Waals surface area contributed by atoms with Crippen molar-refractivity contribution in [2.24, 2.45) is 17.8 Å². The topological polar surface area (TPSA) is 55.8 Å². The largest absolute Gasteiger partial charge is 0.465 e. The third-order valence-corrected chi connectivity index (χ3v) is 5.99. The van der Waals surface area contributed by atoms with Gasteiger partial charge >= 0.3 is 5.97 Å². The predicted molar refractivity (Wildman–Crippen MR) is 106 cm³/mol. The zero-order chi connectivity index (χ0) is 19.5. The van der Waals surface area contributed by atoms with E-state index in [0.29, 0.717) is 13.2 Å². The van der Waals surface area contributed by atoms with Gasteiger partial charge in [0.15, 0.2) is 0 Å². The maximum atomic E-state index is 13.5. The molecule has 5 nitrogen and oxygen atoms in total. The van der Waals surface area contributed by atoms with E-state index in [9.17, 15) is 9.59 Å². The summed E-state index contributed by atoms with van der Waals surface area (Å²) in [5, 5.41) is 2.10. The molecule has 0 aromatic heterocycles. The number of benzene rings is 2. The quantitative estimate of drug-likeness (QED) is 0.606. The first kappa shape index (κ1) is 17.4. The molecule has 28 heavy (non-hydrogen) atoms. The summed E-state index contributed by atoms with van der Waals surface area (Å²) in [5.41, 5.74) is 0.127. The number of hydrogen-bond donors (Lipinski definition) is 0. The highest BCUT2D eigenvalue weighted by atomic mass is 16.6. The fourth-order valence-corrected chi connectivity index (χ4v) is 4.76. The highest BCUT2D eigenvalue weighted by Gasteiger charge is 2.67. The second kappa shape index (κ2) is 6.17. The second-order valence-corrected chi connectivity index (χ2v) is 8.35. The Kier molecular flexibility index (Phi) is 3.85. The molecule has 2 saturated heterocycles. The molecule has 3 heterocycles. The number of carbonyl (C=O) groups is 2. The Morgan fingerprint density at radius 3 is 2.86 bits per heavy atom. The summed E-state index contributed by atoms with van der Waals surface area (Å²) in [6.45, 7) is 4.77. The second-order valence-electron chi connectivity index (χ2n) is 8.35. The van der Waals surface area contributed by atoms with E-state index in [0.717, 1.165) is 16.5 Å². The van der Waals surface area contributed by atoms with E-state index in [1.807, 2.05) is 68.5 Å². The van der Waals surface area contributed by atoms with Crippen molar-refractivity contribution in [1.82, 2.24) is 0 Å². The summed E-state index contributed by atoms with van der Waals surface area (Å²) < 4.78 is 11.7. The van der Waals surface area contributed by atoms with Gasteiger partial charge in [-0.2, -0.15) is 0 Å². The van der Waals surface area contributed by atoms with Crippen LogP contribution in [-0.4, -0.2) is 36.7 Å². The SMILES string of the molecule is CC(C)COC(=O)[C@@H]1[C@@H]2C=C[C@@]3(CN(c4cccc5ccccc45)C(=O)[C@H]13)O2. The van der Waals surface area contributed by atoms with E-state index in [1.165, 1.54) is 0 Å². The molecule has 144 valence electrons. The van der Waals surface area contributed by atoms with Crippen molar-refractivity contribution in [3.63, 3.8) is 0 Å². The van der Waals surface area contributed by atoms with Crippen LogP contribution in [0.2, 0.25) is 0 Å². The Labute approximate surface area is 163 Å². The molecule has 1 amide bonds. The fraction of sp³-hybridized carbons (Fsp3) is 0.391. The Bertz CT molecular complexity index is 992. The molecule has 2 aromatic rings. The van der Waals surface area contributed by atoms with Crippen LogP contribution in [0.5, 0.6) is 0 Å². The van der Waals surface area contributed by atoms with Gasteiger partial charge in [-0.05, 0) is 17.4 Å². The van der Waals surface area contributed by atoms with Crippen molar-refractivity contribution < 1.29 is 19.1 Å². The van der Waals surface area contributed by atoms with Crippen LogP contribution in [0.4, 0.5) is 5.69 Å². The number of ether oxygens (including phenoxy) is 2. The van der Waals surface area contributed by atoms with Crippen LogP contribution in [0.25, 0.3) is 10.8 Å². The number of nitrogens with zero attached hydrogens (tertiary/aromatic N) is 1. The smallest absolute Gasteiger partial charge is 0.312 e. The molecule has 5 heteroatoms. The Hall–Kier alpha value is -2.66. The zero-order valence-electron chi connectivity index (χ0n) is 16.0. The molecule has 5 rings (SSSR count). The van der Waals surface area contributed by atoms with Crippen molar-refractivity contribution in [2.75, 3.05) is 18.1 Å². The number of anilines is 1. The third kappa shape index (κ3) is 2.42. The summed E-state index contributed by atoms with van der Waals surface area (Å²) in [5.74, 6) is -1.24. The van der Waals surface area contributed by atoms with Gasteiger partial charge in [-0.25, -0.2) is 0 Å². The van der Waals surface area contributed by atoms with Crippen LogP contribution in [0.1, 0.15) is 13.8 Å². The summed E-state index contributed by atoms with van der Waals surface area (Å²) in [4.78, 5) is 28.0.